The van der Waals surface area contributed by atoms with Gasteiger partial charge in [0.2, 0.25) is 0 Å². The maximum atomic E-state index is 9.52. The molecule has 0 fully saturated rings. The fraction of sp³-hybridized carbons (Fsp3) is 0. The summed E-state index contributed by atoms with van der Waals surface area (Å²) in [5.74, 6) is 0. The molecule has 0 N–H and O–H groups in total. The molecule has 0 aliphatic rings. The van der Waals surface area contributed by atoms with Gasteiger partial charge in [0.15, 0.2) is 8.07 Å². The van der Waals surface area contributed by atoms with E-state index < -0.39 is 32.2 Å². The van der Waals surface area contributed by atoms with E-state index in [4.69, 9.17) is 11.0 Å². The van der Waals surface area contributed by atoms with Crippen molar-refractivity contribution in [3.63, 3.8) is 0 Å². The summed E-state index contributed by atoms with van der Waals surface area (Å²) in [6.45, 7) is 0. The number of benzene rings is 8. The van der Waals surface area contributed by atoms with Crippen molar-refractivity contribution in [1.82, 2.24) is 9.13 Å². The standard InChI is InChI=1S/C48H34N2Si/c1-5-18-35(19-6-1)49-43-28-15-13-26-40(43)42-34-36(32-33-45(42)49)50-44-29-16-14-27-41(44)48-46(50)30-17-31-47(48)51(37-20-7-2-8-21-37,38-22-9-3-10-23-38)39-24-11-4-12-25-39/h1-34H/i1D,2D,5D,6D,7D,8D,18D,19D,20D,21D. The molecule has 0 unspecified atom stereocenters. The van der Waals surface area contributed by atoms with Gasteiger partial charge in [0.1, 0.15) is 0 Å². The summed E-state index contributed by atoms with van der Waals surface area (Å²) < 4.78 is 92.2. The van der Waals surface area contributed by atoms with Gasteiger partial charge in [0.25, 0.3) is 0 Å². The molecular formula is C48H34N2Si. The van der Waals surface area contributed by atoms with Crippen molar-refractivity contribution in [3.8, 4) is 11.4 Å². The van der Waals surface area contributed by atoms with Gasteiger partial charge in [-0.05, 0) is 69.2 Å². The van der Waals surface area contributed by atoms with E-state index in [9.17, 15) is 2.74 Å². The maximum absolute atomic E-state index is 9.52. The minimum absolute atomic E-state index is 0.0715. The van der Waals surface area contributed by atoms with Crippen LogP contribution in [0.25, 0.3) is 55.0 Å². The van der Waals surface area contributed by atoms with Crippen LogP contribution in [0.4, 0.5) is 0 Å². The number of hydrogen-bond donors (Lipinski definition) is 0. The predicted molar refractivity (Wildman–Crippen MR) is 219 cm³/mol. The van der Waals surface area contributed by atoms with Crippen molar-refractivity contribution in [2.45, 2.75) is 0 Å². The molecule has 0 radical (unpaired) electrons. The van der Waals surface area contributed by atoms with E-state index in [0.717, 1.165) is 53.8 Å². The second-order valence-electron chi connectivity index (χ2n) is 12.6. The minimum Gasteiger partial charge on any atom is -0.309 e. The van der Waals surface area contributed by atoms with Gasteiger partial charge >= 0.3 is 0 Å². The highest BCUT2D eigenvalue weighted by Crippen LogP contribution is 2.37. The smallest absolute Gasteiger partial charge is 0.180 e. The average Bonchev–Trinajstić information content (AvgIpc) is 3.81. The third-order valence-corrected chi connectivity index (χ3v) is 14.6. The number of fused-ring (bicyclic) bond motifs is 6. The second-order valence-corrected chi connectivity index (χ2v) is 16.3. The Morgan fingerprint density at radius 1 is 0.373 bits per heavy atom. The lowest BCUT2D eigenvalue weighted by atomic mass is 10.1. The van der Waals surface area contributed by atoms with E-state index in [2.05, 4.69) is 34.9 Å². The van der Waals surface area contributed by atoms with E-state index in [-0.39, 0.29) is 47.1 Å². The van der Waals surface area contributed by atoms with Gasteiger partial charge in [-0.2, -0.15) is 0 Å². The lowest BCUT2D eigenvalue weighted by Crippen LogP contribution is -2.74. The van der Waals surface area contributed by atoms with Crippen LogP contribution in [-0.2, 0) is 0 Å². The lowest BCUT2D eigenvalue weighted by molar-refractivity contribution is 1.17. The number of aromatic nitrogens is 2. The zero-order valence-electron chi connectivity index (χ0n) is 37.3. The first-order valence-corrected chi connectivity index (χ1v) is 18.8. The molecule has 2 aromatic heterocycles. The van der Waals surface area contributed by atoms with Crippen LogP contribution in [0, 0.1) is 0 Å². The van der Waals surface area contributed by atoms with Gasteiger partial charge in [0.05, 0.1) is 35.8 Å². The van der Waals surface area contributed by atoms with Crippen molar-refractivity contribution in [3.05, 3.63) is 206 Å². The summed E-state index contributed by atoms with van der Waals surface area (Å²) in [5.41, 5.74) is 3.99. The quantitative estimate of drug-likeness (QED) is 0.123. The van der Waals surface area contributed by atoms with Gasteiger partial charge in [-0.15, -0.1) is 0 Å². The van der Waals surface area contributed by atoms with E-state index in [1.54, 1.807) is 4.57 Å². The Hall–Kier alpha value is -6.42. The van der Waals surface area contributed by atoms with Gasteiger partial charge in [-0.1, -0.05) is 158 Å². The highest BCUT2D eigenvalue weighted by Gasteiger charge is 2.43. The van der Waals surface area contributed by atoms with E-state index >= 15 is 0 Å². The molecule has 0 aliphatic heterocycles. The number of hydrogen-bond acceptors (Lipinski definition) is 0. The lowest BCUT2D eigenvalue weighted by Gasteiger charge is -2.35. The Morgan fingerprint density at radius 2 is 0.902 bits per heavy atom. The zero-order chi connectivity index (χ0) is 42.5. The van der Waals surface area contributed by atoms with Crippen molar-refractivity contribution in [2.24, 2.45) is 0 Å². The topological polar surface area (TPSA) is 9.86 Å². The molecule has 0 aliphatic carbocycles. The summed E-state index contributed by atoms with van der Waals surface area (Å²) in [5, 5.41) is 6.36. The maximum Gasteiger partial charge on any atom is 0.180 e. The number of rotatable bonds is 6. The third-order valence-electron chi connectivity index (χ3n) is 10.0. The monoisotopic (exact) mass is 676 g/mol. The van der Waals surface area contributed by atoms with Gasteiger partial charge in [-0.25, -0.2) is 0 Å². The van der Waals surface area contributed by atoms with E-state index in [0.29, 0.717) is 11.0 Å². The Balaban J connectivity index is 1.34. The van der Waals surface area contributed by atoms with Crippen LogP contribution < -0.4 is 20.7 Å². The Kier molecular flexibility index (Phi) is 4.87. The first-order valence-electron chi connectivity index (χ1n) is 21.8. The van der Waals surface area contributed by atoms with Crippen LogP contribution >= 0.6 is 0 Å². The molecule has 51 heavy (non-hydrogen) atoms. The third kappa shape index (κ3) is 4.42. The molecule has 8 aromatic carbocycles. The molecule has 3 heteroatoms. The van der Waals surface area contributed by atoms with Crippen LogP contribution in [0.2, 0.25) is 0 Å². The van der Waals surface area contributed by atoms with Crippen LogP contribution in [-0.4, -0.2) is 17.2 Å². The zero-order valence-corrected chi connectivity index (χ0v) is 28.3. The fourth-order valence-electron chi connectivity index (χ4n) is 8.02. The van der Waals surface area contributed by atoms with Crippen LogP contribution in [0.5, 0.6) is 0 Å². The largest absolute Gasteiger partial charge is 0.309 e. The van der Waals surface area contributed by atoms with Crippen molar-refractivity contribution >= 4 is 72.4 Å². The Labute approximate surface area is 312 Å². The van der Waals surface area contributed by atoms with Gasteiger partial charge in [-0.3, -0.25) is 0 Å². The van der Waals surface area contributed by atoms with Crippen LogP contribution in [0.1, 0.15) is 13.7 Å². The first kappa shape index (κ1) is 20.9. The summed E-state index contributed by atoms with van der Waals surface area (Å²) in [6.07, 6.45) is 0. The Bertz CT molecular complexity index is 3340. The molecule has 10 aromatic rings. The number of nitrogens with zero attached hydrogens (tertiary/aromatic N) is 2. The normalized spacial score (nSPS) is 14.7. The first-order chi connectivity index (χ1) is 29.5. The van der Waals surface area contributed by atoms with Crippen molar-refractivity contribution in [2.75, 3.05) is 0 Å². The summed E-state index contributed by atoms with van der Waals surface area (Å²) in [6, 6.07) is 43.9. The van der Waals surface area contributed by atoms with Gasteiger partial charge in [0, 0.05) is 32.9 Å². The van der Waals surface area contributed by atoms with E-state index in [1.165, 1.54) is 0 Å². The molecule has 0 spiro atoms. The highest BCUT2D eigenvalue weighted by molar-refractivity contribution is 7.20. The highest BCUT2D eigenvalue weighted by atomic mass is 28.3. The van der Waals surface area contributed by atoms with Crippen molar-refractivity contribution in [1.29, 1.82) is 0 Å². The van der Waals surface area contributed by atoms with Crippen LogP contribution in [0.3, 0.4) is 0 Å². The molecule has 0 saturated carbocycles. The molecular weight excluding hydrogens is 633 g/mol. The van der Waals surface area contributed by atoms with Gasteiger partial charge < -0.3 is 9.13 Å². The molecule has 0 atom stereocenters. The second kappa shape index (κ2) is 11.9. The summed E-state index contributed by atoms with van der Waals surface area (Å²) in [7, 11) is -3.78. The molecule has 0 saturated heterocycles. The summed E-state index contributed by atoms with van der Waals surface area (Å²) in [4.78, 5) is 0. The predicted octanol–water partition coefficient (Wildman–Crippen LogP) is 9.26. The van der Waals surface area contributed by atoms with E-state index in [1.807, 2.05) is 115 Å². The SMILES string of the molecule is [2H]c1c([2H])c([2H])c(-n2c3ccccc3c3cc(-n4c5ccccc5c5c([Si](c6ccccc6)(c6ccccc6)c6c([2H])c([2H])c([2H])c([2H])c6[2H])cccc54)ccc32)c([2H])c1[2H]. The summed E-state index contributed by atoms with van der Waals surface area (Å²) >= 11 is 0. The molecule has 2 nitrogen and oxygen atoms in total. The molecule has 0 amide bonds. The van der Waals surface area contributed by atoms with Crippen LogP contribution in [0.15, 0.2) is 206 Å². The van der Waals surface area contributed by atoms with Crippen molar-refractivity contribution < 1.29 is 13.7 Å². The number of para-hydroxylation sites is 3. The average molecular weight is 677 g/mol. The fourth-order valence-corrected chi connectivity index (χ4v) is 12.7. The molecule has 2 heterocycles. The minimum atomic E-state index is -3.78. The molecule has 0 bridgehead atoms. The Morgan fingerprint density at radius 3 is 1.59 bits per heavy atom. The molecule has 240 valence electrons. The molecule has 10 rings (SSSR count).